The highest BCUT2D eigenvalue weighted by Crippen LogP contribution is 2.22. The lowest BCUT2D eigenvalue weighted by Gasteiger charge is -2.06. The first-order valence-electron chi connectivity index (χ1n) is 8.75. The Morgan fingerprint density at radius 1 is 1.00 bits per heavy atom. The molecule has 0 saturated carbocycles. The predicted octanol–water partition coefficient (Wildman–Crippen LogP) is 4.57. The monoisotopic (exact) mass is 385 g/mol. The Hall–Kier alpha value is -3.58. The largest absolute Gasteiger partial charge is 0.322 e. The Morgan fingerprint density at radius 3 is 2.68 bits per heavy atom. The minimum Gasteiger partial charge on any atom is -0.322 e. The predicted molar refractivity (Wildman–Crippen MR) is 111 cm³/mol. The number of carbonyl (C=O) groups excluding carboxylic acids is 1. The summed E-state index contributed by atoms with van der Waals surface area (Å²) < 4.78 is 10.3. The van der Waals surface area contributed by atoms with E-state index in [4.69, 9.17) is 0 Å². The number of rotatable bonds is 3. The summed E-state index contributed by atoms with van der Waals surface area (Å²) in [6, 6.07) is 17.1. The number of benzene rings is 2. The van der Waals surface area contributed by atoms with Crippen LogP contribution in [-0.4, -0.2) is 24.0 Å². The van der Waals surface area contributed by atoms with Crippen LogP contribution in [0, 0.1) is 6.92 Å². The molecular weight excluding hydrogens is 370 g/mol. The van der Waals surface area contributed by atoms with Crippen molar-refractivity contribution in [3.8, 4) is 11.3 Å². The topological polar surface area (TPSA) is 72.2 Å². The third kappa shape index (κ3) is 3.01. The molecule has 6 nitrogen and oxygen atoms in total. The fourth-order valence-electron chi connectivity index (χ4n) is 3.07. The van der Waals surface area contributed by atoms with Crippen molar-refractivity contribution in [2.75, 3.05) is 5.32 Å². The van der Waals surface area contributed by atoms with Crippen LogP contribution in [0.15, 0.2) is 67.0 Å². The normalized spacial score (nSPS) is 11.2. The van der Waals surface area contributed by atoms with E-state index in [1.165, 1.54) is 5.56 Å². The van der Waals surface area contributed by atoms with Gasteiger partial charge in [-0.15, -0.1) is 0 Å². The number of pyridine rings is 1. The molecule has 2 aromatic carbocycles. The van der Waals surface area contributed by atoms with E-state index in [9.17, 15) is 4.79 Å². The molecular formula is C21H15N5OS. The lowest BCUT2D eigenvalue weighted by atomic mass is 10.1. The van der Waals surface area contributed by atoms with Crippen molar-refractivity contribution in [1.82, 2.24) is 18.1 Å². The van der Waals surface area contributed by atoms with Crippen LogP contribution in [0.1, 0.15) is 15.9 Å². The lowest BCUT2D eigenvalue weighted by molar-refractivity contribution is 0.102. The highest BCUT2D eigenvalue weighted by Gasteiger charge is 2.10. The van der Waals surface area contributed by atoms with Crippen LogP contribution < -0.4 is 5.32 Å². The van der Waals surface area contributed by atoms with Gasteiger partial charge in [0, 0.05) is 29.2 Å². The van der Waals surface area contributed by atoms with Gasteiger partial charge in [0.2, 0.25) is 0 Å². The first-order chi connectivity index (χ1) is 13.7. The lowest BCUT2D eigenvalue weighted by Crippen LogP contribution is -2.11. The molecule has 3 heterocycles. The van der Waals surface area contributed by atoms with E-state index in [-0.39, 0.29) is 5.91 Å². The van der Waals surface area contributed by atoms with Gasteiger partial charge >= 0.3 is 0 Å². The average molecular weight is 385 g/mol. The molecule has 0 aliphatic carbocycles. The summed E-state index contributed by atoms with van der Waals surface area (Å²) in [7, 11) is 0. The molecule has 28 heavy (non-hydrogen) atoms. The summed E-state index contributed by atoms with van der Waals surface area (Å²) in [5.41, 5.74) is 6.79. The van der Waals surface area contributed by atoms with Crippen molar-refractivity contribution in [2.45, 2.75) is 6.92 Å². The molecule has 5 aromatic rings. The van der Waals surface area contributed by atoms with Crippen LogP contribution in [0.2, 0.25) is 0 Å². The molecule has 1 N–H and O–H groups in total. The minimum atomic E-state index is -0.175. The van der Waals surface area contributed by atoms with Gasteiger partial charge in [0.05, 0.1) is 17.4 Å². The number of imidazole rings is 1. The first-order valence-corrected chi connectivity index (χ1v) is 9.48. The van der Waals surface area contributed by atoms with E-state index >= 15 is 0 Å². The second kappa shape index (κ2) is 6.54. The van der Waals surface area contributed by atoms with E-state index in [2.05, 4.69) is 32.0 Å². The molecule has 0 aliphatic heterocycles. The Morgan fingerprint density at radius 2 is 1.82 bits per heavy atom. The van der Waals surface area contributed by atoms with Crippen molar-refractivity contribution >= 4 is 40.0 Å². The summed E-state index contributed by atoms with van der Waals surface area (Å²) in [5.74, 6) is -0.175. The average Bonchev–Trinajstić information content (AvgIpc) is 3.34. The second-order valence-electron chi connectivity index (χ2n) is 6.59. The van der Waals surface area contributed by atoms with Crippen LogP contribution in [0.4, 0.5) is 5.69 Å². The van der Waals surface area contributed by atoms with E-state index in [1.54, 1.807) is 12.1 Å². The highest BCUT2D eigenvalue weighted by molar-refractivity contribution is 7.00. The molecule has 0 fully saturated rings. The Labute approximate surface area is 164 Å². The summed E-state index contributed by atoms with van der Waals surface area (Å²) >= 11 is 1.14. The van der Waals surface area contributed by atoms with Gasteiger partial charge in [0.1, 0.15) is 16.7 Å². The molecule has 0 atom stereocenters. The number of carbonyl (C=O) groups is 1. The highest BCUT2D eigenvalue weighted by atomic mass is 32.1. The second-order valence-corrected chi connectivity index (χ2v) is 7.12. The summed E-state index contributed by atoms with van der Waals surface area (Å²) in [4.78, 5) is 17.2. The van der Waals surface area contributed by atoms with E-state index in [1.807, 2.05) is 53.2 Å². The fraction of sp³-hybridized carbons (Fsp3) is 0.0476. The van der Waals surface area contributed by atoms with Crippen LogP contribution in [0.3, 0.4) is 0 Å². The van der Waals surface area contributed by atoms with Gasteiger partial charge < -0.3 is 9.72 Å². The molecule has 0 saturated heterocycles. The molecule has 7 heteroatoms. The third-order valence-electron chi connectivity index (χ3n) is 4.57. The zero-order chi connectivity index (χ0) is 19.1. The molecule has 0 aliphatic rings. The van der Waals surface area contributed by atoms with Crippen LogP contribution >= 0.6 is 11.7 Å². The van der Waals surface area contributed by atoms with Crippen molar-refractivity contribution in [3.63, 3.8) is 0 Å². The van der Waals surface area contributed by atoms with Gasteiger partial charge in [-0.05, 0) is 55.0 Å². The summed E-state index contributed by atoms with van der Waals surface area (Å²) in [5, 5.41) is 2.92. The van der Waals surface area contributed by atoms with Gasteiger partial charge in [0.15, 0.2) is 0 Å². The maximum absolute atomic E-state index is 12.5. The van der Waals surface area contributed by atoms with Crippen molar-refractivity contribution in [1.29, 1.82) is 0 Å². The zero-order valence-corrected chi connectivity index (χ0v) is 15.8. The molecule has 136 valence electrons. The smallest absolute Gasteiger partial charge is 0.255 e. The van der Waals surface area contributed by atoms with E-state index < -0.39 is 0 Å². The maximum Gasteiger partial charge on any atom is 0.255 e. The Kier molecular flexibility index (Phi) is 3.87. The Bertz CT molecular complexity index is 1320. The van der Waals surface area contributed by atoms with Gasteiger partial charge in [0.25, 0.3) is 5.91 Å². The number of nitrogens with zero attached hydrogens (tertiary/aromatic N) is 4. The zero-order valence-electron chi connectivity index (χ0n) is 15.0. The molecule has 0 bridgehead atoms. The van der Waals surface area contributed by atoms with Crippen molar-refractivity contribution < 1.29 is 4.79 Å². The SMILES string of the molecule is Cc1ccn2cc(-c3ccc(NC(=O)c4ccc5nsnc5c4)cc3)nc2c1. The Balaban J connectivity index is 1.37. The van der Waals surface area contributed by atoms with Gasteiger partial charge in [-0.2, -0.15) is 8.75 Å². The molecule has 0 spiro atoms. The quantitative estimate of drug-likeness (QED) is 0.494. The summed E-state index contributed by atoms with van der Waals surface area (Å²) in [6.07, 6.45) is 4.00. The number of hydrogen-bond donors (Lipinski definition) is 1. The van der Waals surface area contributed by atoms with Crippen LogP contribution in [-0.2, 0) is 0 Å². The fourth-order valence-corrected chi connectivity index (χ4v) is 3.59. The third-order valence-corrected chi connectivity index (χ3v) is 5.13. The van der Waals surface area contributed by atoms with Gasteiger partial charge in [-0.1, -0.05) is 12.1 Å². The first kappa shape index (κ1) is 16.6. The van der Waals surface area contributed by atoms with Crippen LogP contribution in [0.25, 0.3) is 27.9 Å². The number of fused-ring (bicyclic) bond motifs is 2. The number of aromatic nitrogens is 4. The number of amides is 1. The number of hydrogen-bond acceptors (Lipinski definition) is 5. The molecule has 0 unspecified atom stereocenters. The molecule has 3 aromatic heterocycles. The minimum absolute atomic E-state index is 0.175. The van der Waals surface area contributed by atoms with Gasteiger partial charge in [-0.3, -0.25) is 4.79 Å². The van der Waals surface area contributed by atoms with Crippen molar-refractivity contribution in [2.24, 2.45) is 0 Å². The molecule has 0 radical (unpaired) electrons. The number of nitrogens with one attached hydrogen (secondary N) is 1. The standard InChI is InChI=1S/C21H15N5OS/c1-13-8-9-26-12-19(23-20(26)10-13)14-2-5-16(6-3-14)22-21(27)15-4-7-17-18(11-15)25-28-24-17/h2-12H,1H3,(H,22,27). The number of aryl methyl sites for hydroxylation is 1. The van der Waals surface area contributed by atoms with Gasteiger partial charge in [-0.25, -0.2) is 4.98 Å². The number of anilines is 1. The maximum atomic E-state index is 12.5. The summed E-state index contributed by atoms with van der Waals surface area (Å²) in [6.45, 7) is 2.05. The van der Waals surface area contributed by atoms with E-state index in [0.717, 1.165) is 45.4 Å². The van der Waals surface area contributed by atoms with E-state index in [0.29, 0.717) is 5.56 Å². The molecule has 5 rings (SSSR count). The van der Waals surface area contributed by atoms with Crippen LogP contribution in [0.5, 0.6) is 0 Å². The molecule has 1 amide bonds. The van der Waals surface area contributed by atoms with Crippen molar-refractivity contribution in [3.05, 3.63) is 78.1 Å².